The van der Waals surface area contributed by atoms with Crippen molar-refractivity contribution < 1.29 is 0 Å². The lowest BCUT2D eigenvalue weighted by molar-refractivity contribution is 1.70. The van der Waals surface area contributed by atoms with E-state index in [0.717, 1.165) is 5.02 Å². The number of hydrogen-bond donors (Lipinski definition) is 0. The van der Waals surface area contributed by atoms with Crippen LogP contribution in [0.3, 0.4) is 0 Å². The fraction of sp³-hybridized carbons (Fsp3) is 0. The third-order valence-electron chi connectivity index (χ3n) is 4.90. The highest BCUT2D eigenvalue weighted by Gasteiger charge is 2.11. The van der Waals surface area contributed by atoms with E-state index in [1.54, 1.807) is 0 Å². The fourth-order valence-corrected chi connectivity index (χ4v) is 3.93. The van der Waals surface area contributed by atoms with Gasteiger partial charge in [0.1, 0.15) is 0 Å². The largest absolute Gasteiger partial charge is 0.0843 e. The van der Waals surface area contributed by atoms with Crippen molar-refractivity contribution in [2.75, 3.05) is 0 Å². The molecule has 0 spiro atoms. The first-order valence-corrected chi connectivity index (χ1v) is 8.78. The van der Waals surface area contributed by atoms with Crippen LogP contribution in [0.25, 0.3) is 43.4 Å². The van der Waals surface area contributed by atoms with Crippen molar-refractivity contribution in [1.29, 1.82) is 0 Å². The summed E-state index contributed by atoms with van der Waals surface area (Å²) < 4.78 is 0. The van der Waals surface area contributed by atoms with Crippen LogP contribution in [-0.2, 0) is 0 Å². The highest BCUT2D eigenvalue weighted by atomic mass is 35.5. The van der Waals surface area contributed by atoms with Gasteiger partial charge in [-0.3, -0.25) is 0 Å². The van der Waals surface area contributed by atoms with Crippen LogP contribution in [0.15, 0.2) is 91.0 Å². The molecule has 0 aromatic heterocycles. The van der Waals surface area contributed by atoms with E-state index in [-0.39, 0.29) is 0 Å². The van der Waals surface area contributed by atoms with Gasteiger partial charge in [-0.25, -0.2) is 0 Å². The van der Waals surface area contributed by atoms with Crippen molar-refractivity contribution in [3.8, 4) is 11.1 Å². The van der Waals surface area contributed by atoms with Crippen molar-refractivity contribution in [2.24, 2.45) is 0 Å². The molecule has 1 heteroatoms. The van der Waals surface area contributed by atoms with Crippen molar-refractivity contribution >= 4 is 43.9 Å². The van der Waals surface area contributed by atoms with Gasteiger partial charge in [0, 0.05) is 5.02 Å². The summed E-state index contributed by atoms with van der Waals surface area (Å²) in [6.07, 6.45) is 0. The first kappa shape index (κ1) is 14.5. The summed E-state index contributed by atoms with van der Waals surface area (Å²) in [4.78, 5) is 0. The quantitative estimate of drug-likeness (QED) is 0.278. The number of benzene rings is 5. The molecule has 0 nitrogen and oxygen atoms in total. The minimum absolute atomic E-state index is 0.768. The van der Waals surface area contributed by atoms with Crippen LogP contribution in [0.2, 0.25) is 5.02 Å². The predicted octanol–water partition coefficient (Wildman–Crippen LogP) is 7.47. The van der Waals surface area contributed by atoms with Gasteiger partial charge in [0.05, 0.1) is 0 Å². The van der Waals surface area contributed by atoms with Crippen LogP contribution in [0.1, 0.15) is 0 Å². The molecule has 5 aromatic carbocycles. The molecule has 0 aliphatic carbocycles. The van der Waals surface area contributed by atoms with Crippen molar-refractivity contribution in [2.45, 2.75) is 0 Å². The Hall–Kier alpha value is -2.83. The Morgan fingerprint density at radius 3 is 2.04 bits per heavy atom. The van der Waals surface area contributed by atoms with Gasteiger partial charge in [0.25, 0.3) is 0 Å². The van der Waals surface area contributed by atoms with Gasteiger partial charge in [0.2, 0.25) is 0 Å². The summed E-state index contributed by atoms with van der Waals surface area (Å²) in [5, 5.41) is 8.24. The number of hydrogen-bond acceptors (Lipinski definition) is 0. The smallest absolute Gasteiger partial charge is 0.0412 e. The Kier molecular flexibility index (Phi) is 3.26. The molecular formula is C24H15Cl. The maximum Gasteiger partial charge on any atom is 0.0412 e. The second kappa shape index (κ2) is 5.61. The van der Waals surface area contributed by atoms with E-state index in [1.807, 2.05) is 6.07 Å². The zero-order valence-electron chi connectivity index (χ0n) is 13.5. The minimum atomic E-state index is 0.768. The van der Waals surface area contributed by atoms with Gasteiger partial charge >= 0.3 is 0 Å². The molecule has 25 heavy (non-hydrogen) atoms. The van der Waals surface area contributed by atoms with Crippen molar-refractivity contribution in [1.82, 2.24) is 0 Å². The maximum absolute atomic E-state index is 6.35. The number of rotatable bonds is 1. The average Bonchev–Trinajstić information content (AvgIpc) is 2.67. The molecule has 0 unspecified atom stereocenters. The zero-order chi connectivity index (χ0) is 16.8. The summed E-state index contributed by atoms with van der Waals surface area (Å²) in [7, 11) is 0. The number of fused-ring (bicyclic) bond motifs is 4. The second-order valence-corrected chi connectivity index (χ2v) is 6.80. The SMILES string of the molecule is Clc1ccc2c(c1)c(-c1cccc3ccccc13)cc1ccccc12. The highest BCUT2D eigenvalue weighted by molar-refractivity contribution is 6.32. The minimum Gasteiger partial charge on any atom is -0.0843 e. The Balaban J connectivity index is 1.99. The van der Waals surface area contributed by atoms with Crippen LogP contribution in [0, 0.1) is 0 Å². The molecule has 5 rings (SSSR count). The molecule has 0 radical (unpaired) electrons. The molecule has 0 heterocycles. The lowest BCUT2D eigenvalue weighted by atomic mass is 9.91. The topological polar surface area (TPSA) is 0 Å². The lowest BCUT2D eigenvalue weighted by Crippen LogP contribution is -1.86. The van der Waals surface area contributed by atoms with Crippen LogP contribution in [-0.4, -0.2) is 0 Å². The van der Waals surface area contributed by atoms with E-state index >= 15 is 0 Å². The summed E-state index contributed by atoms with van der Waals surface area (Å²) in [6, 6.07) is 32.1. The van der Waals surface area contributed by atoms with Gasteiger partial charge in [-0.1, -0.05) is 84.4 Å². The summed E-state index contributed by atoms with van der Waals surface area (Å²) in [5.74, 6) is 0. The molecule has 0 saturated carbocycles. The van der Waals surface area contributed by atoms with Gasteiger partial charge < -0.3 is 0 Å². The van der Waals surface area contributed by atoms with Gasteiger partial charge in [-0.15, -0.1) is 0 Å². The van der Waals surface area contributed by atoms with E-state index in [9.17, 15) is 0 Å². The molecule has 0 amide bonds. The van der Waals surface area contributed by atoms with Gasteiger partial charge in [-0.2, -0.15) is 0 Å². The maximum atomic E-state index is 6.35. The van der Waals surface area contributed by atoms with Crippen molar-refractivity contribution in [3.05, 3.63) is 96.0 Å². The predicted molar refractivity (Wildman–Crippen MR) is 109 cm³/mol. The van der Waals surface area contributed by atoms with E-state index in [0.29, 0.717) is 0 Å². The van der Waals surface area contributed by atoms with E-state index < -0.39 is 0 Å². The Morgan fingerprint density at radius 2 is 1.16 bits per heavy atom. The second-order valence-electron chi connectivity index (χ2n) is 6.36. The van der Waals surface area contributed by atoms with Gasteiger partial charge in [0.15, 0.2) is 0 Å². The molecule has 0 bridgehead atoms. The fourth-order valence-electron chi connectivity index (χ4n) is 3.76. The molecule has 0 fully saturated rings. The first-order valence-electron chi connectivity index (χ1n) is 8.40. The third-order valence-corrected chi connectivity index (χ3v) is 5.14. The Labute approximate surface area is 151 Å². The Bertz CT molecular complexity index is 1250. The van der Waals surface area contributed by atoms with Gasteiger partial charge in [-0.05, 0) is 61.6 Å². The monoisotopic (exact) mass is 338 g/mol. The third kappa shape index (κ3) is 2.30. The van der Waals surface area contributed by atoms with Crippen molar-refractivity contribution in [3.63, 3.8) is 0 Å². The van der Waals surface area contributed by atoms with Crippen LogP contribution < -0.4 is 0 Å². The molecule has 5 aromatic rings. The average molecular weight is 339 g/mol. The summed E-state index contributed by atoms with van der Waals surface area (Å²) >= 11 is 6.35. The molecule has 118 valence electrons. The molecule has 0 aliphatic heterocycles. The molecule has 0 atom stereocenters. The highest BCUT2D eigenvalue weighted by Crippen LogP contribution is 2.38. The molecule has 0 N–H and O–H groups in total. The lowest BCUT2D eigenvalue weighted by Gasteiger charge is -2.13. The molecule has 0 aliphatic rings. The molecular weight excluding hydrogens is 324 g/mol. The summed E-state index contributed by atoms with van der Waals surface area (Å²) in [5.41, 5.74) is 2.48. The number of halogens is 1. The van der Waals surface area contributed by atoms with E-state index in [2.05, 4.69) is 84.9 Å². The van der Waals surface area contributed by atoms with E-state index in [4.69, 9.17) is 11.6 Å². The first-order chi connectivity index (χ1) is 12.3. The Morgan fingerprint density at radius 1 is 0.440 bits per heavy atom. The zero-order valence-corrected chi connectivity index (χ0v) is 14.3. The normalized spacial score (nSPS) is 11.4. The molecule has 0 saturated heterocycles. The van der Waals surface area contributed by atoms with Crippen LogP contribution in [0.4, 0.5) is 0 Å². The van der Waals surface area contributed by atoms with E-state index in [1.165, 1.54) is 43.4 Å². The van der Waals surface area contributed by atoms with Crippen LogP contribution >= 0.6 is 11.6 Å². The standard InChI is InChI=1S/C24H15Cl/c25-18-12-13-22-20-10-4-2-7-17(20)14-23(24(22)15-18)21-11-5-8-16-6-1-3-9-19(16)21/h1-15H. The van der Waals surface area contributed by atoms with Crippen LogP contribution in [0.5, 0.6) is 0 Å². The summed E-state index contributed by atoms with van der Waals surface area (Å²) in [6.45, 7) is 0.